The summed E-state index contributed by atoms with van der Waals surface area (Å²) in [6.45, 7) is 4.15. The molecule has 6 rings (SSSR count). The van der Waals surface area contributed by atoms with Gasteiger partial charge in [0, 0.05) is 42.7 Å². The van der Waals surface area contributed by atoms with E-state index in [0.29, 0.717) is 39.6 Å². The molecule has 0 fully saturated rings. The molecule has 0 aliphatic heterocycles. The van der Waals surface area contributed by atoms with Crippen LogP contribution < -0.4 is 29.6 Å². The van der Waals surface area contributed by atoms with Crippen LogP contribution in [0.25, 0.3) is 55.6 Å². The van der Waals surface area contributed by atoms with Gasteiger partial charge in [-0.05, 0) is 11.1 Å². The van der Waals surface area contributed by atoms with E-state index in [-0.39, 0.29) is 29.6 Å². The second kappa shape index (κ2) is 28.6. The summed E-state index contributed by atoms with van der Waals surface area (Å²) in [5.74, 6) is 0. The molecule has 0 atom stereocenters. The maximum atomic E-state index is 4.66. The summed E-state index contributed by atoms with van der Waals surface area (Å²) >= 11 is 0. The topological polar surface area (TPSA) is 55.4 Å². The fourth-order valence-corrected chi connectivity index (χ4v) is 5.59. The Labute approximate surface area is 345 Å². The van der Waals surface area contributed by atoms with Crippen molar-refractivity contribution < 1.29 is 58.0 Å². The summed E-state index contributed by atoms with van der Waals surface area (Å²) in [6, 6.07) is 54.1. The molecule has 7 heteroatoms. The van der Waals surface area contributed by atoms with E-state index < -0.39 is 0 Å². The first-order valence-corrected chi connectivity index (χ1v) is 17.7. The molecule has 0 saturated carbocycles. The maximum Gasteiger partial charge on any atom is 1.00 e. The number of hydrogen-bond acceptors (Lipinski definition) is 6. The van der Waals surface area contributed by atoms with Gasteiger partial charge in [0.1, 0.15) is 0 Å². The molecule has 0 aliphatic carbocycles. The molecular weight excluding hydrogens is 684 g/mol. The van der Waals surface area contributed by atoms with Crippen LogP contribution in [-0.2, 0) is 28.4 Å². The zero-order valence-corrected chi connectivity index (χ0v) is 35.1. The molecule has 0 aromatic heterocycles. The zero-order chi connectivity index (χ0) is 37.9. The standard InChI is InChI=1S/C35H25.3C4H10O2.Na/c1-6-16-26(17-7-1)31-32(27-18-8-2-9-19-27)34(29-22-12-4-13-23-29)35(30-24-14-5-15-25-30)33(31)28-20-10-3-11-21-28;3*1-5-3-4-6-2;/h1-25H;3*3-4H2,1-2H3;/q-1;;;;+1. The van der Waals surface area contributed by atoms with E-state index >= 15 is 0 Å². The number of ether oxygens (including phenoxy) is 6. The van der Waals surface area contributed by atoms with Crippen molar-refractivity contribution in [1.29, 1.82) is 0 Å². The summed E-state index contributed by atoms with van der Waals surface area (Å²) in [7, 11) is 9.91. The first kappa shape index (κ1) is 46.4. The van der Waals surface area contributed by atoms with Gasteiger partial charge in [-0.15, -0.1) is 0 Å². The molecule has 0 bridgehead atoms. The summed E-state index contributed by atoms with van der Waals surface area (Å²) in [5, 5.41) is 0. The Morgan fingerprint density at radius 1 is 0.315 bits per heavy atom. The van der Waals surface area contributed by atoms with Crippen molar-refractivity contribution in [2.45, 2.75) is 0 Å². The Kier molecular flexibility index (Phi) is 24.6. The predicted molar refractivity (Wildman–Crippen MR) is 220 cm³/mol. The molecule has 0 unspecified atom stereocenters. The second-order valence-corrected chi connectivity index (χ2v) is 11.7. The van der Waals surface area contributed by atoms with Crippen molar-refractivity contribution >= 4 is 0 Å². The molecule has 6 aromatic carbocycles. The van der Waals surface area contributed by atoms with Crippen LogP contribution in [0, 0.1) is 0 Å². The minimum atomic E-state index is 0. The Bertz CT molecular complexity index is 1430. The van der Waals surface area contributed by atoms with Crippen LogP contribution in [0.3, 0.4) is 0 Å². The van der Waals surface area contributed by atoms with Crippen LogP contribution in [0.1, 0.15) is 0 Å². The second-order valence-electron chi connectivity index (χ2n) is 11.7. The maximum absolute atomic E-state index is 4.66. The van der Waals surface area contributed by atoms with E-state index in [0.717, 1.165) is 0 Å². The van der Waals surface area contributed by atoms with Crippen LogP contribution >= 0.6 is 0 Å². The Hall–Kier alpha value is -3.79. The van der Waals surface area contributed by atoms with E-state index in [4.69, 9.17) is 0 Å². The van der Waals surface area contributed by atoms with Crippen molar-refractivity contribution in [3.63, 3.8) is 0 Å². The van der Waals surface area contributed by atoms with Crippen LogP contribution in [-0.4, -0.2) is 82.3 Å². The summed E-state index contributed by atoms with van der Waals surface area (Å²) in [4.78, 5) is 0. The number of benzene rings is 5. The molecular formula is C47H55NaO6. The number of hydrogen-bond donors (Lipinski definition) is 0. The van der Waals surface area contributed by atoms with Gasteiger partial charge in [0.05, 0.1) is 39.6 Å². The molecule has 0 spiro atoms. The molecule has 280 valence electrons. The zero-order valence-electron chi connectivity index (χ0n) is 33.1. The molecule has 0 aliphatic rings. The SMILES string of the molecule is COCCOC.COCCOC.COCCOC.[Na+].c1ccc(-c2c(-c3ccccc3)c(-c3ccccc3)[c-](-c3ccccc3)c2-c2ccccc2)cc1. The van der Waals surface area contributed by atoms with Gasteiger partial charge in [-0.25, -0.2) is 0 Å². The van der Waals surface area contributed by atoms with E-state index in [1.54, 1.807) is 42.7 Å². The number of methoxy groups -OCH3 is 6. The third-order valence-electron chi connectivity index (χ3n) is 8.04. The smallest absolute Gasteiger partial charge is 0.382 e. The molecule has 0 heterocycles. The molecule has 0 radical (unpaired) electrons. The average molecular weight is 739 g/mol. The van der Waals surface area contributed by atoms with Crippen molar-refractivity contribution in [2.75, 3.05) is 82.3 Å². The Morgan fingerprint density at radius 2 is 0.537 bits per heavy atom. The largest absolute Gasteiger partial charge is 1.00 e. The van der Waals surface area contributed by atoms with Gasteiger partial charge < -0.3 is 28.4 Å². The minimum Gasteiger partial charge on any atom is -0.382 e. The van der Waals surface area contributed by atoms with Gasteiger partial charge in [0.15, 0.2) is 0 Å². The van der Waals surface area contributed by atoms with E-state index in [1.807, 2.05) is 0 Å². The van der Waals surface area contributed by atoms with Gasteiger partial charge >= 0.3 is 29.6 Å². The molecule has 0 N–H and O–H groups in total. The van der Waals surface area contributed by atoms with Crippen LogP contribution in [0.4, 0.5) is 0 Å². The van der Waals surface area contributed by atoms with Crippen LogP contribution in [0.5, 0.6) is 0 Å². The minimum absolute atomic E-state index is 0. The van der Waals surface area contributed by atoms with Crippen molar-refractivity contribution in [2.24, 2.45) is 0 Å². The van der Waals surface area contributed by atoms with Crippen LogP contribution in [0.2, 0.25) is 0 Å². The first-order valence-electron chi connectivity index (χ1n) is 17.7. The quantitative estimate of drug-likeness (QED) is 0.0653. The third kappa shape index (κ3) is 14.8. The van der Waals surface area contributed by atoms with E-state index in [2.05, 4.69) is 180 Å². The summed E-state index contributed by atoms with van der Waals surface area (Å²) in [5.41, 5.74) is 12.5. The van der Waals surface area contributed by atoms with Gasteiger partial charge in [-0.1, -0.05) is 196 Å². The molecule has 54 heavy (non-hydrogen) atoms. The molecule has 6 aromatic rings. The molecule has 0 saturated heterocycles. The average Bonchev–Trinajstić information content (AvgIpc) is 3.60. The summed E-state index contributed by atoms with van der Waals surface area (Å²) in [6.07, 6.45) is 0. The predicted octanol–water partition coefficient (Wildman–Crippen LogP) is 7.58. The van der Waals surface area contributed by atoms with E-state index in [9.17, 15) is 0 Å². The Balaban J connectivity index is 0.000000443. The van der Waals surface area contributed by atoms with Crippen molar-refractivity contribution in [3.8, 4) is 55.6 Å². The number of rotatable bonds is 14. The monoisotopic (exact) mass is 738 g/mol. The molecule has 0 amide bonds. The van der Waals surface area contributed by atoms with Gasteiger partial charge in [0.25, 0.3) is 0 Å². The Morgan fingerprint density at radius 3 is 0.778 bits per heavy atom. The third-order valence-corrected chi connectivity index (χ3v) is 8.04. The first-order chi connectivity index (χ1) is 26.2. The normalized spacial score (nSPS) is 10.0. The van der Waals surface area contributed by atoms with Crippen molar-refractivity contribution in [3.05, 3.63) is 152 Å². The van der Waals surface area contributed by atoms with Gasteiger partial charge in [0.2, 0.25) is 0 Å². The fraction of sp³-hybridized carbons (Fsp3) is 0.255. The van der Waals surface area contributed by atoms with Crippen molar-refractivity contribution in [1.82, 2.24) is 0 Å². The molecule has 6 nitrogen and oxygen atoms in total. The van der Waals surface area contributed by atoms with E-state index in [1.165, 1.54) is 55.6 Å². The fourth-order valence-electron chi connectivity index (χ4n) is 5.59. The van der Waals surface area contributed by atoms with Gasteiger partial charge in [-0.2, -0.15) is 0 Å². The van der Waals surface area contributed by atoms with Gasteiger partial charge in [-0.3, -0.25) is 0 Å². The van der Waals surface area contributed by atoms with Crippen LogP contribution in [0.15, 0.2) is 152 Å². The summed E-state index contributed by atoms with van der Waals surface area (Å²) < 4.78 is 27.9.